The number of alkyl halides is 10. The molecule has 0 spiro atoms. The first-order chi connectivity index (χ1) is 61.1. The van der Waals surface area contributed by atoms with E-state index in [4.69, 9.17) is 39.5 Å². The number of amides is 6. The highest BCUT2D eigenvalue weighted by molar-refractivity contribution is 6.34. The van der Waals surface area contributed by atoms with Crippen molar-refractivity contribution in [3.8, 4) is 113 Å². The van der Waals surface area contributed by atoms with Crippen LogP contribution in [0.4, 0.5) is 82.6 Å². The number of nitrogens with zero attached hydrogens (tertiary/aromatic N) is 5. The summed E-state index contributed by atoms with van der Waals surface area (Å²) in [7, 11) is 0. The fourth-order valence-electron chi connectivity index (χ4n) is 12.3. The molecule has 40 heteroatoms. The molecular formula is C89H68Cl3F10N11O16. The van der Waals surface area contributed by atoms with Crippen LogP contribution in [0, 0.1) is 20.8 Å². The molecule has 12 aromatic rings. The van der Waals surface area contributed by atoms with Crippen LogP contribution in [0.15, 0.2) is 219 Å². The molecule has 666 valence electrons. The molecule has 6 amide bonds. The second kappa shape index (κ2) is 38.1. The summed E-state index contributed by atoms with van der Waals surface area (Å²) in [5.74, 6) is 0.130. The standard InChI is InChI=1S/C21H16F2N2O3.C20H14F2N2O3.C16H14ClF2N3O3.C16H13ClF2N2O4.C16H11ClF2N2O3/c1-12-3-5-14(6-4-12)20(26)25-19-8-7-15(11-24-19)16-10-18-17(9-13(16)2)27-21(22,23)28-18;1-12-9-16-17(27-20(21,22)26-16)10-15(12)14-7-8-18(23-11-14)24-19(25)13-5-3-2-4-6-13;1-8(2)21-15(23)22-14-4-3-9(7-20-14)10-5-12-13(6-11(10)17)25-16(18,19)24-12;1-8(2)23-15(22)21-14-4-3-9(7-20-14)10-5-12-13(6-11(10)17)25-16(18,19)24-12;1-2-3-15(22)21-14-5-4-9(8-20-14)10-6-12-13(7-11(10)17)24-16(18,19)23-12/h3-11H,1-2H3,(H,24,25,26);2-11H,1H3,(H,23,24,25);3-8H,1-2H3,(H2,20,21,22,23);3-8H,1-2H3,(H,20,21,22);2-8H,1H3,(H,20,21,22)/b;;;;3-2+. The van der Waals surface area contributed by atoms with Gasteiger partial charge >= 0.3 is 43.6 Å². The monoisotopic (exact) mass is 1840 g/mol. The van der Waals surface area contributed by atoms with Gasteiger partial charge in [-0.25, -0.2) is 34.5 Å². The summed E-state index contributed by atoms with van der Waals surface area (Å²) in [5.41, 5.74) is 9.40. The minimum atomic E-state index is -3.72. The van der Waals surface area contributed by atoms with Gasteiger partial charge in [-0.05, 0) is 211 Å². The summed E-state index contributed by atoms with van der Waals surface area (Å²) in [6.07, 6.45) is -8.87. The maximum atomic E-state index is 13.2. The maximum Gasteiger partial charge on any atom is 0.586 e. The normalized spacial score (nSPS) is 14.3. The van der Waals surface area contributed by atoms with Crippen LogP contribution >= 0.6 is 34.8 Å². The third kappa shape index (κ3) is 23.8. The van der Waals surface area contributed by atoms with Gasteiger partial charge in [0.2, 0.25) is 5.91 Å². The molecule has 0 saturated heterocycles. The lowest BCUT2D eigenvalue weighted by molar-refractivity contribution is -0.287. The highest BCUT2D eigenvalue weighted by Crippen LogP contribution is 2.51. The number of anilines is 5. The van der Waals surface area contributed by atoms with Crippen molar-refractivity contribution in [2.75, 3.05) is 26.6 Å². The fraction of sp³-hybridized carbons (Fsp3) is 0.169. The zero-order valence-electron chi connectivity index (χ0n) is 68.1. The van der Waals surface area contributed by atoms with Crippen molar-refractivity contribution in [3.63, 3.8) is 0 Å². The Labute approximate surface area is 740 Å². The molecule has 0 fully saturated rings. The number of fused-ring (bicyclic) bond motifs is 5. The van der Waals surface area contributed by atoms with Crippen molar-refractivity contribution in [2.24, 2.45) is 0 Å². The van der Waals surface area contributed by atoms with Crippen molar-refractivity contribution in [1.29, 1.82) is 0 Å². The van der Waals surface area contributed by atoms with Gasteiger partial charge in [0.1, 0.15) is 29.1 Å². The van der Waals surface area contributed by atoms with Gasteiger partial charge in [-0.3, -0.25) is 25.0 Å². The van der Waals surface area contributed by atoms with E-state index in [1.54, 1.807) is 144 Å². The van der Waals surface area contributed by atoms with Crippen LogP contribution in [0.5, 0.6) is 57.5 Å². The molecule has 0 radical (unpaired) electrons. The molecule has 17 rings (SSSR count). The van der Waals surface area contributed by atoms with Crippen molar-refractivity contribution in [3.05, 3.63) is 262 Å². The van der Waals surface area contributed by atoms with E-state index in [-0.39, 0.29) is 114 Å². The number of allylic oxidation sites excluding steroid dienone is 1. The van der Waals surface area contributed by atoms with Crippen LogP contribution in [0.25, 0.3) is 55.6 Å². The molecular weight excluding hydrogens is 1780 g/mol. The SMILES string of the molecule is C/C=C/C(=O)Nc1ccc(-c2cc3c(cc2Cl)OC(F)(F)O3)cn1.CC(C)NC(=O)Nc1ccc(-c2cc3c(cc2Cl)OC(F)(F)O3)cn1.CC(C)OC(=O)Nc1ccc(-c2cc3c(cc2Cl)OC(F)(F)O3)cn1.Cc1cc2c(cc1-c1ccc(NC(=O)c3ccccc3)nc1)OC(F)(F)O2.Cc1ccc(C(=O)Nc2ccc(-c3cc4c(cc3C)OC(F)(F)O4)cn2)cc1. The summed E-state index contributed by atoms with van der Waals surface area (Å²) in [4.78, 5) is 79.8. The summed E-state index contributed by atoms with van der Waals surface area (Å²) >= 11 is 18.4. The molecule has 10 heterocycles. The van der Waals surface area contributed by atoms with Gasteiger partial charge < -0.3 is 73.4 Å². The Bertz CT molecular complexity index is 6110. The van der Waals surface area contributed by atoms with E-state index in [0.717, 1.165) is 16.7 Å². The summed E-state index contributed by atoms with van der Waals surface area (Å²) in [5, 5.41) is 16.4. The number of hydrogen-bond acceptors (Lipinski definition) is 21. The largest absolute Gasteiger partial charge is 0.586 e. The molecule has 5 aliphatic heterocycles. The minimum absolute atomic E-state index is 0.000883. The Morgan fingerprint density at radius 1 is 0.357 bits per heavy atom. The zero-order chi connectivity index (χ0) is 92.6. The molecule has 5 aromatic heterocycles. The van der Waals surface area contributed by atoms with E-state index in [2.05, 4.69) is 104 Å². The molecule has 0 aliphatic carbocycles. The maximum absolute atomic E-state index is 13.2. The molecule has 5 aliphatic rings. The van der Waals surface area contributed by atoms with Gasteiger partial charge in [-0.2, -0.15) is 0 Å². The number of carbonyl (C=O) groups excluding carboxylic acids is 5. The number of urea groups is 1. The third-order valence-corrected chi connectivity index (χ3v) is 18.9. The van der Waals surface area contributed by atoms with Crippen LogP contribution in [0.1, 0.15) is 72.0 Å². The minimum Gasteiger partial charge on any atom is -0.447 e. The molecule has 7 aromatic carbocycles. The van der Waals surface area contributed by atoms with E-state index < -0.39 is 37.6 Å². The van der Waals surface area contributed by atoms with Crippen LogP contribution in [0.2, 0.25) is 15.1 Å². The van der Waals surface area contributed by atoms with Crippen molar-refractivity contribution < 1.29 is 120 Å². The number of pyridine rings is 5. The predicted molar refractivity (Wildman–Crippen MR) is 453 cm³/mol. The number of benzene rings is 7. The first kappa shape index (κ1) is 91.8. The first-order valence-corrected chi connectivity index (χ1v) is 39.3. The number of carbonyl (C=O) groups is 5. The van der Waals surface area contributed by atoms with E-state index in [1.165, 1.54) is 91.4 Å². The van der Waals surface area contributed by atoms with Gasteiger partial charge in [0.05, 0.1) is 21.2 Å². The van der Waals surface area contributed by atoms with E-state index in [9.17, 15) is 67.9 Å². The highest BCUT2D eigenvalue weighted by Gasteiger charge is 2.48. The Morgan fingerprint density at radius 2 is 0.643 bits per heavy atom. The van der Waals surface area contributed by atoms with Crippen LogP contribution in [-0.2, 0) is 9.53 Å². The Hall–Kier alpha value is -14.9. The molecule has 0 saturated carbocycles. The van der Waals surface area contributed by atoms with Gasteiger partial charge in [0.15, 0.2) is 57.5 Å². The Morgan fingerprint density at radius 3 is 0.953 bits per heavy atom. The van der Waals surface area contributed by atoms with E-state index >= 15 is 0 Å². The van der Waals surface area contributed by atoms with Gasteiger partial charge in [-0.1, -0.05) is 76.8 Å². The molecule has 27 nitrogen and oxygen atoms in total. The fourth-order valence-corrected chi connectivity index (χ4v) is 13.1. The topological polar surface area (TPSA) is 324 Å². The third-order valence-electron chi connectivity index (χ3n) is 18.0. The molecule has 129 heavy (non-hydrogen) atoms. The van der Waals surface area contributed by atoms with Crippen LogP contribution in [-0.4, -0.2) is 98.4 Å². The quantitative estimate of drug-likeness (QED) is 0.0410. The van der Waals surface area contributed by atoms with Gasteiger partial charge in [-0.15, -0.1) is 43.9 Å². The van der Waals surface area contributed by atoms with Gasteiger partial charge in [0, 0.05) is 111 Å². The summed E-state index contributed by atoms with van der Waals surface area (Å²) < 4.78 is 181. The van der Waals surface area contributed by atoms with Crippen LogP contribution in [0.3, 0.4) is 0 Å². The van der Waals surface area contributed by atoms with Crippen molar-refractivity contribution in [1.82, 2.24) is 30.2 Å². The van der Waals surface area contributed by atoms with E-state index in [1.807, 2.05) is 39.0 Å². The Kier molecular flexibility index (Phi) is 27.2. The molecule has 6 N–H and O–H groups in total. The lowest BCUT2D eigenvalue weighted by Crippen LogP contribution is -2.34. The lowest BCUT2D eigenvalue weighted by Gasteiger charge is -2.10. The van der Waals surface area contributed by atoms with E-state index in [0.29, 0.717) is 90.0 Å². The lowest BCUT2D eigenvalue weighted by atomic mass is 10.0. The molecule has 0 unspecified atom stereocenters. The number of nitrogens with one attached hydrogen (secondary N) is 6. The van der Waals surface area contributed by atoms with Gasteiger partial charge in [0.25, 0.3) is 11.8 Å². The van der Waals surface area contributed by atoms with Crippen molar-refractivity contribution >= 4 is 93.7 Å². The number of ether oxygens (including phenoxy) is 11. The predicted octanol–water partition coefficient (Wildman–Crippen LogP) is 22.7. The highest BCUT2D eigenvalue weighted by atomic mass is 35.5. The zero-order valence-corrected chi connectivity index (χ0v) is 70.4. The number of halogens is 13. The first-order valence-electron chi connectivity index (χ1n) is 38.2. The second-order valence-corrected chi connectivity index (χ2v) is 29.7. The second-order valence-electron chi connectivity index (χ2n) is 28.5. The van der Waals surface area contributed by atoms with Crippen LogP contribution < -0.4 is 79.3 Å². The molecule has 0 atom stereocenters. The number of aryl methyl sites for hydroxylation is 3. The Balaban J connectivity index is 0.000000138. The number of rotatable bonds is 15. The summed E-state index contributed by atoms with van der Waals surface area (Å²) in [6, 6.07) is 45.8. The molecule has 0 bridgehead atoms. The summed E-state index contributed by atoms with van der Waals surface area (Å²) in [6.45, 7) is 14.3. The van der Waals surface area contributed by atoms with Crippen molar-refractivity contribution in [2.45, 2.75) is 99.0 Å². The number of hydrogen-bond donors (Lipinski definition) is 6. The smallest absolute Gasteiger partial charge is 0.447 e. The average molecular weight is 1840 g/mol. The average Bonchev–Trinajstić information content (AvgIpc) is 1.67. The number of aromatic nitrogens is 5.